The van der Waals surface area contributed by atoms with Crippen molar-refractivity contribution < 1.29 is 33.8 Å². The van der Waals surface area contributed by atoms with Gasteiger partial charge in [-0.3, -0.25) is 9.59 Å². The number of alkyl carbamates (subject to hydrolysis) is 1. The highest BCUT2D eigenvalue weighted by molar-refractivity contribution is 5.91. The summed E-state index contributed by atoms with van der Waals surface area (Å²) in [6.07, 6.45) is 2.50. The number of amides is 3. The van der Waals surface area contributed by atoms with Crippen LogP contribution in [0.15, 0.2) is 85.5 Å². The molecule has 4 N–H and O–H groups in total. The lowest BCUT2D eigenvalue weighted by Crippen LogP contribution is -2.52. The monoisotopic (exact) mass is 655 g/mol. The Hall–Kier alpha value is -5.12. The van der Waals surface area contributed by atoms with E-state index in [2.05, 4.69) is 22.5 Å². The lowest BCUT2D eigenvalue weighted by Gasteiger charge is -2.23. The molecule has 10 nitrogen and oxygen atoms in total. The van der Waals surface area contributed by atoms with Gasteiger partial charge in [-0.1, -0.05) is 73.3 Å². The molecule has 0 saturated carbocycles. The van der Waals surface area contributed by atoms with Gasteiger partial charge in [-0.25, -0.2) is 9.59 Å². The summed E-state index contributed by atoms with van der Waals surface area (Å²) in [5, 5.41) is 18.2. The molecular weight excluding hydrogens is 610 g/mol. The van der Waals surface area contributed by atoms with Gasteiger partial charge in [0.25, 0.3) is 0 Å². The minimum Gasteiger partial charge on any atom is -0.490 e. The van der Waals surface area contributed by atoms with Gasteiger partial charge < -0.3 is 30.5 Å². The van der Waals surface area contributed by atoms with Crippen LogP contribution in [0.25, 0.3) is 11.1 Å². The van der Waals surface area contributed by atoms with E-state index >= 15 is 0 Å². The summed E-state index contributed by atoms with van der Waals surface area (Å²) in [6, 6.07) is 20.7. The van der Waals surface area contributed by atoms with E-state index < -0.39 is 35.7 Å². The molecule has 0 radical (unpaired) electrons. The first-order valence-corrected chi connectivity index (χ1v) is 16.3. The van der Waals surface area contributed by atoms with E-state index in [1.165, 1.54) is 0 Å². The first-order chi connectivity index (χ1) is 22.9. The fourth-order valence-electron chi connectivity index (χ4n) is 5.75. The zero-order valence-corrected chi connectivity index (χ0v) is 27.8. The summed E-state index contributed by atoms with van der Waals surface area (Å²) < 4.78 is 10.8. The van der Waals surface area contributed by atoms with Crippen molar-refractivity contribution in [2.75, 3.05) is 13.2 Å². The molecule has 0 bridgehead atoms. The topological polar surface area (TPSA) is 143 Å². The van der Waals surface area contributed by atoms with E-state index in [4.69, 9.17) is 9.47 Å². The molecule has 10 heteroatoms. The number of carboxylic acids is 1. The zero-order valence-electron chi connectivity index (χ0n) is 27.8. The van der Waals surface area contributed by atoms with Gasteiger partial charge in [-0.15, -0.1) is 0 Å². The third-order valence-corrected chi connectivity index (χ3v) is 7.94. The third-order valence-electron chi connectivity index (χ3n) is 7.94. The molecule has 3 aromatic carbocycles. The predicted molar refractivity (Wildman–Crippen MR) is 184 cm³/mol. The minimum atomic E-state index is -1.22. The second-order valence-corrected chi connectivity index (χ2v) is 12.8. The van der Waals surface area contributed by atoms with Gasteiger partial charge in [0.2, 0.25) is 11.8 Å². The Morgan fingerprint density at radius 1 is 0.875 bits per heavy atom. The van der Waals surface area contributed by atoms with E-state index in [0.29, 0.717) is 37.3 Å². The Bertz CT molecular complexity index is 1550. The van der Waals surface area contributed by atoms with Crippen molar-refractivity contribution in [3.63, 3.8) is 0 Å². The van der Waals surface area contributed by atoms with E-state index in [9.17, 15) is 24.3 Å². The fraction of sp³-hybridized carbons (Fsp3) is 0.368. The number of carbonyl (C=O) groups is 4. The largest absolute Gasteiger partial charge is 0.490 e. The highest BCUT2D eigenvalue weighted by atomic mass is 16.6. The van der Waals surface area contributed by atoms with Crippen molar-refractivity contribution in [2.24, 2.45) is 0 Å². The molecule has 3 aromatic rings. The maximum atomic E-state index is 13.6. The summed E-state index contributed by atoms with van der Waals surface area (Å²) in [7, 11) is 0. The van der Waals surface area contributed by atoms with Crippen LogP contribution in [0.5, 0.6) is 5.75 Å². The second kappa shape index (κ2) is 16.6. The first-order valence-electron chi connectivity index (χ1n) is 16.3. The molecular formula is C38H45N3O7. The van der Waals surface area contributed by atoms with Crippen molar-refractivity contribution in [2.45, 2.75) is 76.5 Å². The van der Waals surface area contributed by atoms with E-state index in [1.807, 2.05) is 48.5 Å². The number of fused-ring (bicyclic) bond motifs is 3. The number of benzene rings is 3. The number of ether oxygens (including phenoxy) is 2. The molecule has 0 saturated heterocycles. The SMILES string of the molecule is C=CCOc1ccc(C[C@H](NC(=O)[C@@H](CCCCNC(=O)OC(C)(C)C)NC(=O)CC2c3ccccc3-c3ccccc32)C(=O)O)cc1. The molecule has 4 rings (SSSR count). The molecule has 1 aliphatic carbocycles. The Labute approximate surface area is 281 Å². The normalized spacial score (nSPS) is 13.3. The summed E-state index contributed by atoms with van der Waals surface area (Å²) in [6.45, 7) is 9.62. The maximum Gasteiger partial charge on any atom is 0.407 e. The van der Waals surface area contributed by atoms with Crippen LogP contribution >= 0.6 is 0 Å². The predicted octanol–water partition coefficient (Wildman–Crippen LogP) is 5.75. The lowest BCUT2D eigenvalue weighted by atomic mass is 9.93. The maximum absolute atomic E-state index is 13.6. The molecule has 1 aliphatic rings. The van der Waals surface area contributed by atoms with Crippen LogP contribution < -0.4 is 20.7 Å². The number of carboxylic acid groups (broad SMARTS) is 1. The number of unbranched alkanes of at least 4 members (excludes halogenated alkanes) is 1. The van der Waals surface area contributed by atoms with Gasteiger partial charge in [0.1, 0.15) is 30.0 Å². The van der Waals surface area contributed by atoms with E-state index in [0.717, 1.165) is 22.3 Å². The highest BCUT2D eigenvalue weighted by Gasteiger charge is 2.32. The summed E-state index contributed by atoms with van der Waals surface area (Å²) in [5.74, 6) is -1.66. The van der Waals surface area contributed by atoms with Crippen LogP contribution in [-0.4, -0.2) is 59.8 Å². The van der Waals surface area contributed by atoms with E-state index in [-0.39, 0.29) is 31.1 Å². The molecule has 0 fully saturated rings. The first kappa shape index (κ1) is 35.7. The smallest absolute Gasteiger partial charge is 0.407 e. The van der Waals surface area contributed by atoms with Crippen LogP contribution in [-0.2, 0) is 25.5 Å². The molecule has 0 heterocycles. The summed E-state index contributed by atoms with van der Waals surface area (Å²) >= 11 is 0. The Kier molecular flexibility index (Phi) is 12.4. The van der Waals surface area contributed by atoms with Crippen LogP contribution in [0, 0.1) is 0 Å². The van der Waals surface area contributed by atoms with Gasteiger partial charge in [-0.2, -0.15) is 0 Å². The average Bonchev–Trinajstić information content (AvgIpc) is 3.35. The molecule has 2 atom stereocenters. The summed E-state index contributed by atoms with van der Waals surface area (Å²) in [5.41, 5.74) is 4.34. The minimum absolute atomic E-state index is 0.0406. The van der Waals surface area contributed by atoms with Crippen molar-refractivity contribution in [1.29, 1.82) is 0 Å². The van der Waals surface area contributed by atoms with Gasteiger partial charge in [-0.05, 0) is 80.0 Å². The van der Waals surface area contributed by atoms with Crippen molar-refractivity contribution in [3.8, 4) is 16.9 Å². The number of hydrogen-bond acceptors (Lipinski definition) is 6. The third kappa shape index (κ3) is 10.2. The number of carbonyl (C=O) groups excluding carboxylic acids is 3. The Balaban J connectivity index is 1.43. The van der Waals surface area contributed by atoms with Crippen molar-refractivity contribution >= 4 is 23.9 Å². The van der Waals surface area contributed by atoms with Crippen LogP contribution in [0.3, 0.4) is 0 Å². The van der Waals surface area contributed by atoms with Crippen LogP contribution in [0.1, 0.15) is 69.1 Å². The van der Waals surface area contributed by atoms with Gasteiger partial charge in [0, 0.05) is 25.3 Å². The quantitative estimate of drug-likeness (QED) is 0.114. The van der Waals surface area contributed by atoms with Crippen LogP contribution in [0.2, 0.25) is 0 Å². The Morgan fingerprint density at radius 3 is 2.08 bits per heavy atom. The number of rotatable bonds is 16. The second-order valence-electron chi connectivity index (χ2n) is 12.8. The molecule has 3 amide bonds. The van der Waals surface area contributed by atoms with Gasteiger partial charge >= 0.3 is 12.1 Å². The van der Waals surface area contributed by atoms with Crippen LogP contribution in [0.4, 0.5) is 4.79 Å². The van der Waals surface area contributed by atoms with E-state index in [1.54, 1.807) is 51.1 Å². The standard InChI is InChI=1S/C38H45N3O7/c1-5-22-47-26-19-17-25(18-20-26)23-33(36(44)45)41-35(43)32(16-10-11-21-39-37(46)48-38(2,3)4)40-34(42)24-31-29-14-8-6-12-27(29)28-13-7-9-15-30(28)31/h5-9,12-15,17-20,31-33H,1,10-11,16,21-24H2,2-4H3,(H,39,46)(H,40,42)(H,41,43)(H,44,45)/t32-,33+/m1/s1. The number of hydrogen-bond donors (Lipinski definition) is 4. The summed E-state index contributed by atoms with van der Waals surface area (Å²) in [4.78, 5) is 51.4. The molecule has 0 aliphatic heterocycles. The average molecular weight is 656 g/mol. The highest BCUT2D eigenvalue weighted by Crippen LogP contribution is 2.46. The zero-order chi connectivity index (χ0) is 34.7. The van der Waals surface area contributed by atoms with Gasteiger partial charge in [0.15, 0.2) is 0 Å². The number of aliphatic carboxylic acids is 1. The van der Waals surface area contributed by atoms with Crippen molar-refractivity contribution in [1.82, 2.24) is 16.0 Å². The number of nitrogens with one attached hydrogen (secondary N) is 3. The lowest BCUT2D eigenvalue weighted by molar-refractivity contribution is -0.142. The molecule has 0 unspecified atom stereocenters. The van der Waals surface area contributed by atoms with Gasteiger partial charge in [0.05, 0.1) is 0 Å². The fourth-order valence-corrected chi connectivity index (χ4v) is 5.75. The molecule has 48 heavy (non-hydrogen) atoms. The molecule has 254 valence electrons. The Morgan fingerprint density at radius 2 is 1.50 bits per heavy atom. The van der Waals surface area contributed by atoms with Crippen molar-refractivity contribution in [3.05, 3.63) is 102 Å². The molecule has 0 aromatic heterocycles. The molecule has 0 spiro atoms.